The summed E-state index contributed by atoms with van der Waals surface area (Å²) in [5.74, 6) is 0. The summed E-state index contributed by atoms with van der Waals surface area (Å²) in [6, 6.07) is 26.5. The van der Waals surface area contributed by atoms with E-state index in [0.29, 0.717) is 47.0 Å². The van der Waals surface area contributed by atoms with Gasteiger partial charge in [0.25, 0.3) is 0 Å². The van der Waals surface area contributed by atoms with E-state index in [1.807, 2.05) is 48.5 Å². The smallest absolute Gasteiger partial charge is 0.316 e. The highest BCUT2D eigenvalue weighted by Gasteiger charge is 2.42. The molecule has 6 heteroatoms. The largest absolute Gasteiger partial charge is 0.382 e. The fourth-order valence-corrected chi connectivity index (χ4v) is 5.13. The first-order valence-electron chi connectivity index (χ1n) is 11.3. The van der Waals surface area contributed by atoms with Gasteiger partial charge in [0, 0.05) is 31.0 Å². The second-order valence-corrected chi connectivity index (χ2v) is 9.71. The maximum atomic E-state index is 14.1. The van der Waals surface area contributed by atoms with Crippen molar-refractivity contribution in [3.63, 3.8) is 0 Å². The number of rotatable bonds is 9. The minimum atomic E-state index is -3.10. The lowest BCUT2D eigenvalue weighted by atomic mass is 9.81. The number of morpholine rings is 1. The lowest BCUT2D eigenvalue weighted by molar-refractivity contribution is -0.150. The van der Waals surface area contributed by atoms with Crippen LogP contribution in [0.2, 0.25) is 0 Å². The van der Waals surface area contributed by atoms with Gasteiger partial charge in [-0.25, -0.2) is 0 Å². The molecule has 1 saturated heterocycles. The van der Waals surface area contributed by atoms with Gasteiger partial charge in [0.15, 0.2) is 0 Å². The van der Waals surface area contributed by atoms with E-state index < -0.39 is 17.0 Å². The number of aliphatic hydroxyl groups is 1. The van der Waals surface area contributed by atoms with Gasteiger partial charge in [0.05, 0.1) is 6.61 Å². The molecule has 1 fully saturated rings. The van der Waals surface area contributed by atoms with Crippen LogP contribution in [0, 0.1) is 0 Å². The zero-order valence-electron chi connectivity index (χ0n) is 18.9. The molecule has 0 aliphatic carbocycles. The second-order valence-electron chi connectivity index (χ2n) is 8.52. The molecule has 0 amide bonds. The van der Waals surface area contributed by atoms with Crippen molar-refractivity contribution >= 4 is 11.8 Å². The molecule has 0 saturated carbocycles. The molecular formula is C28H29F2NO2S. The summed E-state index contributed by atoms with van der Waals surface area (Å²) < 4.78 is 34.4. The van der Waals surface area contributed by atoms with Crippen molar-refractivity contribution in [3.05, 3.63) is 114 Å². The second kappa shape index (κ2) is 10.8. The van der Waals surface area contributed by atoms with Gasteiger partial charge in [-0.05, 0) is 40.6 Å². The van der Waals surface area contributed by atoms with E-state index in [1.165, 1.54) is 5.56 Å². The van der Waals surface area contributed by atoms with E-state index in [4.69, 9.17) is 4.74 Å². The molecule has 2 atom stereocenters. The minimum Gasteiger partial charge on any atom is -0.382 e. The Kier molecular flexibility index (Phi) is 7.84. The number of nitrogens with zero attached hydrogens (tertiary/aromatic N) is 1. The molecule has 0 bridgehead atoms. The first-order valence-corrected chi connectivity index (χ1v) is 12.2. The molecule has 3 aromatic rings. The summed E-state index contributed by atoms with van der Waals surface area (Å²) >= 11 is 0.444. The molecule has 3 aromatic carbocycles. The van der Waals surface area contributed by atoms with Crippen LogP contribution >= 0.6 is 11.8 Å². The maximum absolute atomic E-state index is 14.1. The van der Waals surface area contributed by atoms with Crippen molar-refractivity contribution in [1.29, 1.82) is 0 Å². The maximum Gasteiger partial charge on any atom is 0.316 e. The van der Waals surface area contributed by atoms with Gasteiger partial charge in [0.1, 0.15) is 11.7 Å². The van der Waals surface area contributed by atoms with Gasteiger partial charge < -0.3 is 9.84 Å². The SMILES string of the molecule is C=CC(F)(F)Sc1ccccc1CC(O)(c1ccccc1)[C@@H]1CN(Cc2ccccc2)CCO1. The van der Waals surface area contributed by atoms with E-state index in [-0.39, 0.29) is 6.42 Å². The van der Waals surface area contributed by atoms with Crippen LogP contribution in [0.1, 0.15) is 16.7 Å². The summed E-state index contributed by atoms with van der Waals surface area (Å²) in [6.07, 6.45) is 0.270. The lowest BCUT2D eigenvalue weighted by Gasteiger charge is -2.43. The molecule has 1 aliphatic rings. The fraction of sp³-hybridized carbons (Fsp3) is 0.286. The van der Waals surface area contributed by atoms with Crippen molar-refractivity contribution in [2.45, 2.75) is 34.8 Å². The standard InChI is InChI=1S/C28H29F2NO2S/c1-2-28(29,30)34-25-16-10-9-13-23(25)19-27(32,24-14-7-4-8-15-24)26-21-31(17-18-33-26)20-22-11-5-3-6-12-22/h2-16,26,32H,1,17-21H2/t26-,27?/m0/s1. The van der Waals surface area contributed by atoms with Gasteiger partial charge in [-0.15, -0.1) is 0 Å². The molecule has 1 aliphatic heterocycles. The summed E-state index contributed by atoms with van der Waals surface area (Å²) in [5.41, 5.74) is 1.15. The third kappa shape index (κ3) is 5.94. The molecule has 34 heavy (non-hydrogen) atoms. The molecule has 4 rings (SSSR count). The zero-order chi connectivity index (χ0) is 24.0. The monoisotopic (exact) mass is 481 g/mol. The van der Waals surface area contributed by atoms with Crippen LogP contribution in [0.3, 0.4) is 0 Å². The van der Waals surface area contributed by atoms with Crippen molar-refractivity contribution in [2.75, 3.05) is 19.7 Å². The van der Waals surface area contributed by atoms with E-state index in [1.54, 1.807) is 24.3 Å². The van der Waals surface area contributed by atoms with Crippen molar-refractivity contribution in [3.8, 4) is 0 Å². The average Bonchev–Trinajstić information content (AvgIpc) is 2.86. The number of ether oxygens (including phenoxy) is 1. The Labute approximate surface area is 204 Å². The lowest BCUT2D eigenvalue weighted by Crippen LogP contribution is -2.53. The molecule has 1 unspecified atom stereocenters. The first-order chi connectivity index (χ1) is 16.4. The Hall–Kier alpha value is -2.51. The third-order valence-corrected chi connectivity index (χ3v) is 7.18. The summed E-state index contributed by atoms with van der Waals surface area (Å²) in [5, 5.41) is 9.05. The number of hydrogen-bond acceptors (Lipinski definition) is 4. The van der Waals surface area contributed by atoms with E-state index in [2.05, 4.69) is 23.6 Å². The molecule has 0 spiro atoms. The fourth-order valence-electron chi connectivity index (χ4n) is 4.33. The molecule has 1 heterocycles. The minimum absolute atomic E-state index is 0.150. The predicted octanol–water partition coefficient (Wildman–Crippen LogP) is 5.89. The van der Waals surface area contributed by atoms with Crippen molar-refractivity contribution in [2.24, 2.45) is 0 Å². The Bertz CT molecular complexity index is 1080. The Morgan fingerprint density at radius 2 is 1.65 bits per heavy atom. The topological polar surface area (TPSA) is 32.7 Å². The molecular weight excluding hydrogens is 452 g/mol. The van der Waals surface area contributed by atoms with Crippen LogP contribution in [0.5, 0.6) is 0 Å². The normalized spacial score (nSPS) is 18.9. The molecule has 0 radical (unpaired) electrons. The number of thioether (sulfide) groups is 1. The van der Waals surface area contributed by atoms with Gasteiger partial charge >= 0.3 is 5.25 Å². The summed E-state index contributed by atoms with van der Waals surface area (Å²) in [4.78, 5) is 2.68. The highest BCUT2D eigenvalue weighted by Crippen LogP contribution is 2.41. The average molecular weight is 482 g/mol. The van der Waals surface area contributed by atoms with Crippen LogP contribution in [0.15, 0.2) is 102 Å². The van der Waals surface area contributed by atoms with Crippen LogP contribution in [0.25, 0.3) is 0 Å². The molecule has 0 aromatic heterocycles. The Balaban J connectivity index is 1.64. The van der Waals surface area contributed by atoms with Crippen molar-refractivity contribution in [1.82, 2.24) is 4.90 Å². The van der Waals surface area contributed by atoms with Gasteiger partial charge in [0.2, 0.25) is 0 Å². The number of alkyl halides is 2. The van der Waals surface area contributed by atoms with Crippen molar-refractivity contribution < 1.29 is 18.6 Å². The first kappa shape index (κ1) is 24.6. The predicted molar refractivity (Wildman–Crippen MR) is 133 cm³/mol. The van der Waals surface area contributed by atoms with Crippen LogP contribution in [-0.2, 0) is 23.3 Å². The van der Waals surface area contributed by atoms with Gasteiger partial charge in [-0.2, -0.15) is 8.78 Å². The summed E-state index contributed by atoms with van der Waals surface area (Å²) in [7, 11) is 0. The van der Waals surface area contributed by atoms with Gasteiger partial charge in [-0.3, -0.25) is 4.90 Å². The van der Waals surface area contributed by atoms with Crippen LogP contribution in [0.4, 0.5) is 8.78 Å². The number of halogens is 2. The number of benzene rings is 3. The van der Waals surface area contributed by atoms with Crippen LogP contribution < -0.4 is 0 Å². The third-order valence-electron chi connectivity index (χ3n) is 6.12. The molecule has 1 N–H and O–H groups in total. The van der Waals surface area contributed by atoms with Gasteiger partial charge in [-0.1, -0.05) is 85.4 Å². The van der Waals surface area contributed by atoms with E-state index in [9.17, 15) is 13.9 Å². The highest BCUT2D eigenvalue weighted by molar-refractivity contribution is 8.00. The Morgan fingerprint density at radius 1 is 1.00 bits per heavy atom. The van der Waals surface area contributed by atoms with E-state index in [0.717, 1.165) is 13.1 Å². The highest BCUT2D eigenvalue weighted by atomic mass is 32.2. The zero-order valence-corrected chi connectivity index (χ0v) is 19.8. The molecule has 3 nitrogen and oxygen atoms in total. The van der Waals surface area contributed by atoms with E-state index >= 15 is 0 Å². The Morgan fingerprint density at radius 3 is 2.35 bits per heavy atom. The number of hydrogen-bond donors (Lipinski definition) is 1. The van der Waals surface area contributed by atoms with Crippen LogP contribution in [-0.4, -0.2) is 41.1 Å². The molecule has 178 valence electrons. The quantitative estimate of drug-likeness (QED) is 0.305. The summed E-state index contributed by atoms with van der Waals surface area (Å²) in [6.45, 7) is 5.77.